The van der Waals surface area contributed by atoms with E-state index in [1.807, 2.05) is 20.8 Å². The Kier molecular flexibility index (Phi) is 5.95. The Morgan fingerprint density at radius 2 is 2.00 bits per heavy atom. The molecule has 0 aromatic heterocycles. The van der Waals surface area contributed by atoms with Crippen LogP contribution < -0.4 is 10.6 Å². The van der Waals surface area contributed by atoms with Crippen LogP contribution >= 0.6 is 0 Å². The van der Waals surface area contributed by atoms with Crippen molar-refractivity contribution in [1.82, 2.24) is 10.6 Å². The van der Waals surface area contributed by atoms with Crippen molar-refractivity contribution < 1.29 is 14.3 Å². The molecular formula is C15H23FN2O2. The largest absolute Gasteiger partial charge is 0.508 e. The molecule has 0 radical (unpaired) electrons. The fourth-order valence-electron chi connectivity index (χ4n) is 2.17. The van der Waals surface area contributed by atoms with Crippen molar-refractivity contribution in [3.63, 3.8) is 0 Å². The van der Waals surface area contributed by atoms with Crippen LogP contribution in [0.1, 0.15) is 38.8 Å². The highest BCUT2D eigenvalue weighted by Crippen LogP contribution is 2.25. The summed E-state index contributed by atoms with van der Waals surface area (Å²) in [6.45, 7) is 5.92. The minimum absolute atomic E-state index is 0.0906. The fraction of sp³-hybridized carbons (Fsp3) is 0.533. The number of benzene rings is 1. The predicted molar refractivity (Wildman–Crippen MR) is 76.9 cm³/mol. The number of carbonyl (C=O) groups is 1. The zero-order valence-corrected chi connectivity index (χ0v) is 12.4. The quantitative estimate of drug-likeness (QED) is 0.750. The molecule has 0 aliphatic carbocycles. The maximum atomic E-state index is 13.0. The van der Waals surface area contributed by atoms with Crippen molar-refractivity contribution in [3.05, 3.63) is 29.6 Å². The van der Waals surface area contributed by atoms with E-state index in [1.54, 1.807) is 7.05 Å². The summed E-state index contributed by atoms with van der Waals surface area (Å²) >= 11 is 0. The second kappa shape index (κ2) is 7.24. The van der Waals surface area contributed by atoms with Gasteiger partial charge < -0.3 is 10.4 Å². The second-order valence-corrected chi connectivity index (χ2v) is 5.39. The van der Waals surface area contributed by atoms with Gasteiger partial charge >= 0.3 is 0 Å². The van der Waals surface area contributed by atoms with Gasteiger partial charge in [0.2, 0.25) is 5.91 Å². The van der Waals surface area contributed by atoms with E-state index in [-0.39, 0.29) is 23.7 Å². The van der Waals surface area contributed by atoms with Crippen LogP contribution in [0.4, 0.5) is 4.39 Å². The SMILES string of the molecule is CNC(=O)C(CC(C)C)NC(C)c1ccc(F)cc1O. The maximum absolute atomic E-state index is 13.0. The van der Waals surface area contributed by atoms with Crippen LogP contribution in [-0.2, 0) is 4.79 Å². The summed E-state index contributed by atoms with van der Waals surface area (Å²) in [7, 11) is 1.59. The highest BCUT2D eigenvalue weighted by atomic mass is 19.1. The lowest BCUT2D eigenvalue weighted by molar-refractivity contribution is -0.123. The Morgan fingerprint density at radius 1 is 1.35 bits per heavy atom. The van der Waals surface area contributed by atoms with Crippen LogP contribution in [0.2, 0.25) is 0 Å². The molecule has 1 aromatic rings. The van der Waals surface area contributed by atoms with Crippen LogP contribution in [0.5, 0.6) is 5.75 Å². The minimum atomic E-state index is -0.483. The van der Waals surface area contributed by atoms with Crippen LogP contribution in [-0.4, -0.2) is 24.1 Å². The highest BCUT2D eigenvalue weighted by molar-refractivity contribution is 5.81. The Morgan fingerprint density at radius 3 is 2.50 bits per heavy atom. The van der Waals surface area contributed by atoms with Crippen LogP contribution in [0, 0.1) is 11.7 Å². The van der Waals surface area contributed by atoms with Gasteiger partial charge in [-0.25, -0.2) is 4.39 Å². The molecule has 112 valence electrons. The summed E-state index contributed by atoms with van der Waals surface area (Å²) in [6.07, 6.45) is 0.686. The summed E-state index contributed by atoms with van der Waals surface area (Å²) in [5.74, 6) is -0.320. The molecular weight excluding hydrogens is 259 g/mol. The van der Waals surface area contributed by atoms with Gasteiger partial charge in [-0.15, -0.1) is 0 Å². The molecule has 0 aliphatic rings. The lowest BCUT2D eigenvalue weighted by atomic mass is 10.00. The van der Waals surface area contributed by atoms with Gasteiger partial charge in [-0.05, 0) is 25.3 Å². The van der Waals surface area contributed by atoms with Crippen LogP contribution in [0.25, 0.3) is 0 Å². The van der Waals surface area contributed by atoms with Crippen molar-refractivity contribution in [2.75, 3.05) is 7.05 Å². The van der Waals surface area contributed by atoms with E-state index in [2.05, 4.69) is 10.6 Å². The lowest BCUT2D eigenvalue weighted by Crippen LogP contribution is -2.44. The summed E-state index contributed by atoms with van der Waals surface area (Å²) in [5, 5.41) is 15.6. The average Bonchev–Trinajstić information content (AvgIpc) is 2.36. The Labute approximate surface area is 119 Å². The zero-order valence-electron chi connectivity index (χ0n) is 12.4. The molecule has 0 bridgehead atoms. The second-order valence-electron chi connectivity index (χ2n) is 5.39. The summed E-state index contributed by atoms with van der Waals surface area (Å²) in [5.41, 5.74) is 0.573. The Balaban J connectivity index is 2.84. The molecule has 1 rings (SSSR count). The van der Waals surface area contributed by atoms with Crippen molar-refractivity contribution >= 4 is 5.91 Å². The summed E-state index contributed by atoms with van der Waals surface area (Å²) < 4.78 is 13.0. The number of amides is 1. The first kappa shape index (κ1) is 16.4. The molecule has 4 nitrogen and oxygen atoms in total. The third-order valence-corrected chi connectivity index (χ3v) is 3.18. The molecule has 0 aliphatic heterocycles. The summed E-state index contributed by atoms with van der Waals surface area (Å²) in [6, 6.07) is 3.30. The first-order valence-corrected chi connectivity index (χ1v) is 6.81. The van der Waals surface area contributed by atoms with Gasteiger partial charge in [-0.3, -0.25) is 10.1 Å². The number of phenols is 1. The minimum Gasteiger partial charge on any atom is -0.508 e. The third kappa shape index (κ3) is 4.49. The van der Waals surface area contributed by atoms with Crippen LogP contribution in [0.15, 0.2) is 18.2 Å². The zero-order chi connectivity index (χ0) is 15.3. The van der Waals surface area contributed by atoms with Gasteiger partial charge in [-0.1, -0.05) is 19.9 Å². The molecule has 2 atom stereocenters. The fourth-order valence-corrected chi connectivity index (χ4v) is 2.17. The number of likely N-dealkylation sites (N-methyl/N-ethyl adjacent to an activating group) is 1. The van der Waals surface area contributed by atoms with Gasteiger partial charge in [0.1, 0.15) is 11.6 Å². The van der Waals surface area contributed by atoms with Gasteiger partial charge in [0, 0.05) is 24.7 Å². The molecule has 0 saturated carbocycles. The van der Waals surface area contributed by atoms with E-state index >= 15 is 0 Å². The lowest BCUT2D eigenvalue weighted by Gasteiger charge is -2.24. The first-order valence-electron chi connectivity index (χ1n) is 6.81. The number of aromatic hydroxyl groups is 1. The molecule has 20 heavy (non-hydrogen) atoms. The number of halogens is 1. The molecule has 0 fully saturated rings. The molecule has 0 spiro atoms. The van der Waals surface area contributed by atoms with Gasteiger partial charge in [-0.2, -0.15) is 0 Å². The number of hydrogen-bond donors (Lipinski definition) is 3. The number of carbonyl (C=O) groups excluding carboxylic acids is 1. The molecule has 1 aromatic carbocycles. The van der Waals surface area contributed by atoms with Crippen molar-refractivity contribution in [2.24, 2.45) is 5.92 Å². The molecule has 0 saturated heterocycles. The van der Waals surface area contributed by atoms with Gasteiger partial charge in [0.05, 0.1) is 6.04 Å². The molecule has 2 unspecified atom stereocenters. The van der Waals surface area contributed by atoms with Crippen molar-refractivity contribution in [1.29, 1.82) is 0 Å². The number of phenolic OH excluding ortho intramolecular Hbond substituents is 1. The number of nitrogens with one attached hydrogen (secondary N) is 2. The van der Waals surface area contributed by atoms with E-state index < -0.39 is 5.82 Å². The standard InChI is InChI=1S/C15H23FN2O2/c1-9(2)7-13(15(20)17-4)18-10(3)12-6-5-11(16)8-14(12)19/h5-6,8-10,13,18-19H,7H2,1-4H3,(H,17,20). The average molecular weight is 282 g/mol. The molecule has 3 N–H and O–H groups in total. The first-order chi connectivity index (χ1) is 9.35. The molecule has 1 amide bonds. The predicted octanol–water partition coefficient (Wildman–Crippen LogP) is 2.34. The topological polar surface area (TPSA) is 61.4 Å². The normalized spacial score (nSPS) is 14.1. The Bertz CT molecular complexity index is 463. The molecule has 5 heteroatoms. The van der Waals surface area contributed by atoms with Crippen molar-refractivity contribution in [3.8, 4) is 5.75 Å². The smallest absolute Gasteiger partial charge is 0.236 e. The Hall–Kier alpha value is -1.62. The van der Waals surface area contributed by atoms with E-state index in [1.165, 1.54) is 12.1 Å². The van der Waals surface area contributed by atoms with E-state index in [9.17, 15) is 14.3 Å². The van der Waals surface area contributed by atoms with Gasteiger partial charge in [0.15, 0.2) is 0 Å². The van der Waals surface area contributed by atoms with E-state index in [4.69, 9.17) is 0 Å². The highest BCUT2D eigenvalue weighted by Gasteiger charge is 2.22. The van der Waals surface area contributed by atoms with E-state index in [0.717, 1.165) is 6.07 Å². The monoisotopic (exact) mass is 282 g/mol. The number of rotatable bonds is 6. The van der Waals surface area contributed by atoms with Crippen molar-refractivity contribution in [2.45, 2.75) is 39.3 Å². The third-order valence-electron chi connectivity index (χ3n) is 3.18. The summed E-state index contributed by atoms with van der Waals surface area (Å²) in [4.78, 5) is 11.9. The maximum Gasteiger partial charge on any atom is 0.236 e. The van der Waals surface area contributed by atoms with Gasteiger partial charge in [0.25, 0.3) is 0 Å². The number of hydrogen-bond acceptors (Lipinski definition) is 3. The molecule has 0 heterocycles. The van der Waals surface area contributed by atoms with Crippen LogP contribution in [0.3, 0.4) is 0 Å². The van der Waals surface area contributed by atoms with E-state index in [0.29, 0.717) is 17.9 Å².